The molecule has 3 aromatic rings. The number of nitrogens with zero attached hydrogens (tertiary/aromatic N) is 1. The Labute approximate surface area is 179 Å². The highest BCUT2D eigenvalue weighted by Gasteiger charge is 2.34. The highest BCUT2D eigenvalue weighted by atomic mass is 16.5. The van der Waals surface area contributed by atoms with Gasteiger partial charge in [0.1, 0.15) is 24.3 Å². The van der Waals surface area contributed by atoms with Crippen molar-refractivity contribution in [3.8, 4) is 11.5 Å². The topological polar surface area (TPSA) is 90.9 Å². The van der Waals surface area contributed by atoms with Gasteiger partial charge in [-0.1, -0.05) is 24.3 Å². The van der Waals surface area contributed by atoms with Crippen LogP contribution in [0.5, 0.6) is 11.5 Å². The molecule has 158 valence electrons. The molecule has 7 heteroatoms. The van der Waals surface area contributed by atoms with Gasteiger partial charge in [-0.15, -0.1) is 0 Å². The van der Waals surface area contributed by atoms with Crippen molar-refractivity contribution in [2.24, 2.45) is 0 Å². The third kappa shape index (κ3) is 4.30. The summed E-state index contributed by atoms with van der Waals surface area (Å²) >= 11 is 0. The van der Waals surface area contributed by atoms with Gasteiger partial charge in [0.15, 0.2) is 0 Å². The fourth-order valence-corrected chi connectivity index (χ4v) is 3.51. The predicted molar refractivity (Wildman–Crippen MR) is 114 cm³/mol. The second kappa shape index (κ2) is 8.79. The van der Waals surface area contributed by atoms with E-state index in [9.17, 15) is 14.7 Å². The van der Waals surface area contributed by atoms with E-state index in [1.807, 2.05) is 49.4 Å². The average molecular weight is 417 g/mol. The summed E-state index contributed by atoms with van der Waals surface area (Å²) in [5, 5.41) is 14.0. The number of benzene rings is 3. The van der Waals surface area contributed by atoms with E-state index in [1.165, 1.54) is 0 Å². The monoisotopic (exact) mass is 417 g/mol. The largest absolute Gasteiger partial charge is 0.546 e. The van der Waals surface area contributed by atoms with Crippen molar-refractivity contribution in [1.82, 2.24) is 0 Å². The molecule has 7 nitrogen and oxygen atoms in total. The SMILES string of the molecule is CCOc1ccc(N2C(=O)c3ccccc3N[C@H]2c2ccc(OCC(=O)[O-])cc2)cc1. The zero-order valence-electron chi connectivity index (χ0n) is 16.9. The van der Waals surface area contributed by atoms with Crippen molar-refractivity contribution in [2.75, 3.05) is 23.4 Å². The number of fused-ring (bicyclic) bond motifs is 1. The molecule has 0 unspecified atom stereocenters. The summed E-state index contributed by atoms with van der Waals surface area (Å²) in [6.07, 6.45) is -0.462. The lowest BCUT2D eigenvalue weighted by molar-refractivity contribution is -0.307. The van der Waals surface area contributed by atoms with Crippen LogP contribution >= 0.6 is 0 Å². The molecule has 0 spiro atoms. The molecule has 1 heterocycles. The van der Waals surface area contributed by atoms with Gasteiger partial charge in [0, 0.05) is 11.4 Å². The molecule has 1 atom stereocenters. The van der Waals surface area contributed by atoms with Gasteiger partial charge in [-0.3, -0.25) is 9.69 Å². The Bertz CT molecular complexity index is 1080. The highest BCUT2D eigenvalue weighted by molar-refractivity contribution is 6.12. The van der Waals surface area contributed by atoms with E-state index in [1.54, 1.807) is 35.2 Å². The van der Waals surface area contributed by atoms with Gasteiger partial charge in [-0.25, -0.2) is 0 Å². The Balaban J connectivity index is 1.69. The van der Waals surface area contributed by atoms with E-state index in [4.69, 9.17) is 9.47 Å². The van der Waals surface area contributed by atoms with Crippen LogP contribution < -0.4 is 24.8 Å². The van der Waals surface area contributed by atoms with Crippen LogP contribution in [0, 0.1) is 0 Å². The number of carboxylic acid groups (broad SMARTS) is 1. The number of anilines is 2. The van der Waals surface area contributed by atoms with Gasteiger partial charge in [-0.05, 0) is 61.0 Å². The maximum absolute atomic E-state index is 13.4. The van der Waals surface area contributed by atoms with E-state index in [-0.39, 0.29) is 5.91 Å². The van der Waals surface area contributed by atoms with Gasteiger partial charge in [0.2, 0.25) is 0 Å². The van der Waals surface area contributed by atoms with E-state index in [0.29, 0.717) is 17.9 Å². The molecule has 3 aromatic carbocycles. The lowest BCUT2D eigenvalue weighted by atomic mass is 10.0. The number of nitrogens with one attached hydrogen (secondary N) is 1. The zero-order valence-corrected chi connectivity index (χ0v) is 16.9. The van der Waals surface area contributed by atoms with Gasteiger partial charge in [-0.2, -0.15) is 0 Å². The molecule has 0 radical (unpaired) electrons. The molecular formula is C24H21N2O5-. The van der Waals surface area contributed by atoms with Gasteiger partial charge in [0.25, 0.3) is 5.91 Å². The van der Waals surface area contributed by atoms with Crippen LogP contribution in [0.1, 0.15) is 29.0 Å². The normalized spacial score (nSPS) is 15.1. The number of carbonyl (C=O) groups excluding carboxylic acids is 2. The molecule has 31 heavy (non-hydrogen) atoms. The molecule has 4 rings (SSSR count). The van der Waals surface area contributed by atoms with Crippen LogP contribution in [0.15, 0.2) is 72.8 Å². The molecule has 0 saturated heterocycles. The van der Waals surface area contributed by atoms with Crippen molar-refractivity contribution in [3.63, 3.8) is 0 Å². The number of para-hydroxylation sites is 1. The summed E-state index contributed by atoms with van der Waals surface area (Å²) in [4.78, 5) is 25.7. The number of carboxylic acids is 1. The van der Waals surface area contributed by atoms with Crippen molar-refractivity contribution in [2.45, 2.75) is 13.1 Å². The van der Waals surface area contributed by atoms with Crippen LogP contribution in [-0.4, -0.2) is 25.1 Å². The lowest BCUT2D eigenvalue weighted by Gasteiger charge is -2.38. The number of rotatable bonds is 7. The van der Waals surface area contributed by atoms with Crippen LogP contribution in [-0.2, 0) is 4.79 Å². The van der Waals surface area contributed by atoms with Gasteiger partial charge >= 0.3 is 0 Å². The first-order chi connectivity index (χ1) is 15.1. The number of hydrogen-bond acceptors (Lipinski definition) is 6. The quantitative estimate of drug-likeness (QED) is 0.636. The lowest BCUT2D eigenvalue weighted by Crippen LogP contribution is -2.43. The number of ether oxygens (including phenoxy) is 2. The summed E-state index contributed by atoms with van der Waals surface area (Å²) in [7, 11) is 0. The maximum atomic E-state index is 13.4. The summed E-state index contributed by atoms with van der Waals surface area (Å²) in [6.45, 7) is 1.95. The summed E-state index contributed by atoms with van der Waals surface area (Å²) < 4.78 is 10.7. The Morgan fingerprint density at radius 3 is 2.29 bits per heavy atom. The minimum Gasteiger partial charge on any atom is -0.546 e. The first-order valence-electron chi connectivity index (χ1n) is 9.91. The van der Waals surface area contributed by atoms with Crippen molar-refractivity contribution < 1.29 is 24.2 Å². The van der Waals surface area contributed by atoms with Gasteiger partial charge < -0.3 is 24.7 Å². The summed E-state index contributed by atoms with van der Waals surface area (Å²) in [5.74, 6) is -0.277. The van der Waals surface area contributed by atoms with Gasteiger partial charge in [0.05, 0.1) is 18.1 Å². The Kier molecular flexibility index (Phi) is 5.75. The number of amides is 1. The van der Waals surface area contributed by atoms with Crippen LogP contribution in [0.4, 0.5) is 11.4 Å². The minimum atomic E-state index is -1.29. The molecule has 0 fully saturated rings. The van der Waals surface area contributed by atoms with Crippen molar-refractivity contribution in [3.05, 3.63) is 83.9 Å². The van der Waals surface area contributed by atoms with Crippen LogP contribution in [0.25, 0.3) is 0 Å². The fraction of sp³-hybridized carbons (Fsp3) is 0.167. The average Bonchev–Trinajstić information content (AvgIpc) is 2.79. The Morgan fingerprint density at radius 1 is 0.968 bits per heavy atom. The summed E-state index contributed by atoms with van der Waals surface area (Å²) in [5.41, 5.74) is 2.87. The summed E-state index contributed by atoms with van der Waals surface area (Å²) in [6, 6.07) is 21.7. The first-order valence-corrected chi connectivity index (χ1v) is 9.91. The predicted octanol–water partition coefficient (Wildman–Crippen LogP) is 2.99. The van der Waals surface area contributed by atoms with Crippen molar-refractivity contribution >= 4 is 23.3 Å². The molecule has 1 aliphatic rings. The Hall–Kier alpha value is -4.00. The van der Waals surface area contributed by atoms with Crippen molar-refractivity contribution in [1.29, 1.82) is 0 Å². The van der Waals surface area contributed by atoms with E-state index < -0.39 is 18.7 Å². The third-order valence-electron chi connectivity index (χ3n) is 4.91. The van der Waals surface area contributed by atoms with Crippen LogP contribution in [0.2, 0.25) is 0 Å². The van der Waals surface area contributed by atoms with E-state index in [0.717, 1.165) is 22.7 Å². The number of carbonyl (C=O) groups is 2. The second-order valence-corrected chi connectivity index (χ2v) is 6.92. The molecule has 1 aliphatic heterocycles. The molecular weight excluding hydrogens is 396 g/mol. The Morgan fingerprint density at radius 2 is 1.61 bits per heavy atom. The highest BCUT2D eigenvalue weighted by Crippen LogP contribution is 2.37. The maximum Gasteiger partial charge on any atom is 0.262 e. The second-order valence-electron chi connectivity index (χ2n) is 6.92. The van der Waals surface area contributed by atoms with Crippen LogP contribution in [0.3, 0.4) is 0 Å². The van der Waals surface area contributed by atoms with E-state index >= 15 is 0 Å². The molecule has 0 saturated carbocycles. The third-order valence-corrected chi connectivity index (χ3v) is 4.91. The number of aliphatic carboxylic acids is 1. The molecule has 0 aliphatic carbocycles. The molecule has 0 bridgehead atoms. The molecule has 1 amide bonds. The molecule has 0 aromatic heterocycles. The number of hydrogen-bond donors (Lipinski definition) is 1. The zero-order chi connectivity index (χ0) is 21.8. The standard InChI is InChI=1S/C24H22N2O5/c1-2-30-18-13-9-17(10-14-18)26-23(25-21-6-4-3-5-20(21)24(26)29)16-7-11-19(12-8-16)31-15-22(27)28/h3-14,23,25H,2,15H2,1H3,(H,27,28)/p-1/t23-/m1/s1. The fourth-order valence-electron chi connectivity index (χ4n) is 3.51. The minimum absolute atomic E-state index is 0.124. The first kappa shape index (κ1) is 20.3. The van der Waals surface area contributed by atoms with E-state index in [2.05, 4.69) is 5.32 Å². The smallest absolute Gasteiger partial charge is 0.262 e. The molecule has 1 N–H and O–H groups in total.